The lowest BCUT2D eigenvalue weighted by Gasteiger charge is -2.26. The predicted octanol–water partition coefficient (Wildman–Crippen LogP) is 1.60. The third kappa shape index (κ3) is 3.04. The van der Waals surface area contributed by atoms with E-state index in [0.29, 0.717) is 23.9 Å². The van der Waals surface area contributed by atoms with Crippen LogP contribution >= 0.6 is 11.8 Å². The molecule has 104 valence electrons. The summed E-state index contributed by atoms with van der Waals surface area (Å²) in [5, 5.41) is 9.06. The molecule has 0 spiro atoms. The van der Waals surface area contributed by atoms with Crippen LogP contribution in [0.15, 0.2) is 16.5 Å². The van der Waals surface area contributed by atoms with Crippen LogP contribution in [0.2, 0.25) is 0 Å². The van der Waals surface area contributed by atoms with Crippen LogP contribution < -0.4 is 0 Å². The van der Waals surface area contributed by atoms with Crippen LogP contribution in [0.3, 0.4) is 0 Å². The molecule has 1 aromatic rings. The Balaban J connectivity index is 2.00. The van der Waals surface area contributed by atoms with E-state index in [2.05, 4.69) is 0 Å². The molecular formula is C12H16N2O4S. The summed E-state index contributed by atoms with van der Waals surface area (Å²) in [6.45, 7) is 2.17. The van der Waals surface area contributed by atoms with Crippen LogP contribution in [0.5, 0.6) is 0 Å². The SMILES string of the molecule is Cc1ccc(CN(C)C(=O)N2CSC[C@H]2C(=O)O)o1. The molecule has 1 N–H and O–H groups in total. The van der Waals surface area contributed by atoms with Crippen molar-refractivity contribution < 1.29 is 19.1 Å². The molecule has 19 heavy (non-hydrogen) atoms. The lowest BCUT2D eigenvalue weighted by molar-refractivity contribution is -0.140. The molecule has 1 aliphatic rings. The Morgan fingerprint density at radius 3 is 2.89 bits per heavy atom. The van der Waals surface area contributed by atoms with Crippen molar-refractivity contribution in [2.45, 2.75) is 19.5 Å². The van der Waals surface area contributed by atoms with E-state index in [1.54, 1.807) is 7.05 Å². The summed E-state index contributed by atoms with van der Waals surface area (Å²) >= 11 is 1.45. The molecule has 0 aromatic carbocycles. The summed E-state index contributed by atoms with van der Waals surface area (Å²) in [7, 11) is 1.64. The number of thioether (sulfide) groups is 1. The number of furan rings is 1. The van der Waals surface area contributed by atoms with Gasteiger partial charge in [-0.1, -0.05) is 0 Å². The Labute approximate surface area is 115 Å². The van der Waals surface area contributed by atoms with Gasteiger partial charge in [-0.2, -0.15) is 0 Å². The summed E-state index contributed by atoms with van der Waals surface area (Å²) < 4.78 is 5.41. The Kier molecular flexibility index (Phi) is 4.04. The van der Waals surface area contributed by atoms with Gasteiger partial charge in [0.2, 0.25) is 0 Å². The number of rotatable bonds is 3. The van der Waals surface area contributed by atoms with Crippen LogP contribution in [-0.2, 0) is 11.3 Å². The van der Waals surface area contributed by atoms with E-state index in [0.717, 1.165) is 5.76 Å². The lowest BCUT2D eigenvalue weighted by atomic mass is 10.3. The third-order valence-corrected chi connectivity index (χ3v) is 3.94. The molecule has 0 unspecified atom stereocenters. The van der Waals surface area contributed by atoms with Gasteiger partial charge >= 0.3 is 12.0 Å². The van der Waals surface area contributed by atoms with Gasteiger partial charge in [0.15, 0.2) is 0 Å². The third-order valence-electron chi connectivity index (χ3n) is 2.93. The van der Waals surface area contributed by atoms with Gasteiger partial charge in [0.25, 0.3) is 0 Å². The maximum atomic E-state index is 12.2. The van der Waals surface area contributed by atoms with Crippen molar-refractivity contribution in [3.63, 3.8) is 0 Å². The van der Waals surface area contributed by atoms with E-state index in [4.69, 9.17) is 9.52 Å². The van der Waals surface area contributed by atoms with Gasteiger partial charge in [-0.3, -0.25) is 0 Å². The predicted molar refractivity (Wildman–Crippen MR) is 70.9 cm³/mol. The average Bonchev–Trinajstić information content (AvgIpc) is 2.97. The first-order valence-corrected chi connectivity index (χ1v) is 7.02. The standard InChI is InChI=1S/C12H16N2O4S/c1-8-3-4-9(18-8)5-13(2)12(17)14-7-19-6-10(14)11(15)16/h3-4,10H,5-7H2,1-2H3,(H,15,16)/t10-/m0/s1. The van der Waals surface area contributed by atoms with E-state index in [-0.39, 0.29) is 6.03 Å². The fourth-order valence-corrected chi connectivity index (χ4v) is 3.06. The monoisotopic (exact) mass is 284 g/mol. The topological polar surface area (TPSA) is 74.0 Å². The minimum Gasteiger partial charge on any atom is -0.480 e. The zero-order valence-corrected chi connectivity index (χ0v) is 11.6. The number of carbonyl (C=O) groups is 2. The maximum Gasteiger partial charge on any atom is 0.327 e. The molecule has 6 nitrogen and oxygen atoms in total. The van der Waals surface area contributed by atoms with Gasteiger partial charge < -0.3 is 19.3 Å². The first kappa shape index (κ1) is 13.8. The van der Waals surface area contributed by atoms with Crippen molar-refractivity contribution in [2.75, 3.05) is 18.7 Å². The van der Waals surface area contributed by atoms with E-state index >= 15 is 0 Å². The highest BCUT2D eigenvalue weighted by atomic mass is 32.2. The van der Waals surface area contributed by atoms with Crippen molar-refractivity contribution in [1.29, 1.82) is 0 Å². The van der Waals surface area contributed by atoms with Gasteiger partial charge in [-0.05, 0) is 19.1 Å². The minimum atomic E-state index is -0.958. The Bertz CT molecular complexity index is 488. The van der Waals surface area contributed by atoms with Crippen LogP contribution in [-0.4, -0.2) is 51.6 Å². The number of nitrogens with zero attached hydrogens (tertiary/aromatic N) is 2. The second kappa shape index (κ2) is 5.56. The zero-order valence-electron chi connectivity index (χ0n) is 10.8. The summed E-state index contributed by atoms with van der Waals surface area (Å²) in [5.74, 6) is 1.37. The number of hydrogen-bond donors (Lipinski definition) is 1. The molecular weight excluding hydrogens is 268 g/mol. The highest BCUT2D eigenvalue weighted by molar-refractivity contribution is 7.99. The summed E-state index contributed by atoms with van der Waals surface area (Å²) in [5.41, 5.74) is 0. The minimum absolute atomic E-state index is 0.286. The number of carbonyl (C=O) groups excluding carboxylic acids is 1. The van der Waals surface area contributed by atoms with E-state index < -0.39 is 12.0 Å². The van der Waals surface area contributed by atoms with Crippen molar-refractivity contribution >= 4 is 23.8 Å². The first-order chi connectivity index (χ1) is 8.99. The van der Waals surface area contributed by atoms with E-state index in [9.17, 15) is 9.59 Å². The number of carboxylic acid groups (broad SMARTS) is 1. The Morgan fingerprint density at radius 2 is 2.32 bits per heavy atom. The van der Waals surface area contributed by atoms with Crippen LogP contribution in [0, 0.1) is 6.92 Å². The van der Waals surface area contributed by atoms with E-state index in [1.807, 2.05) is 19.1 Å². The Morgan fingerprint density at radius 1 is 1.58 bits per heavy atom. The van der Waals surface area contributed by atoms with Crippen molar-refractivity contribution in [3.05, 3.63) is 23.7 Å². The molecule has 1 aliphatic heterocycles. The molecule has 2 rings (SSSR count). The van der Waals surface area contributed by atoms with Crippen molar-refractivity contribution in [2.24, 2.45) is 0 Å². The van der Waals surface area contributed by atoms with Gasteiger partial charge in [-0.25, -0.2) is 9.59 Å². The van der Waals surface area contributed by atoms with E-state index in [1.165, 1.54) is 21.6 Å². The maximum absolute atomic E-state index is 12.2. The second-order valence-electron chi connectivity index (χ2n) is 4.47. The smallest absolute Gasteiger partial charge is 0.327 e. The largest absolute Gasteiger partial charge is 0.480 e. The summed E-state index contributed by atoms with van der Waals surface area (Å²) in [6.07, 6.45) is 0. The van der Waals surface area contributed by atoms with Gasteiger partial charge in [0.1, 0.15) is 17.6 Å². The Hall–Kier alpha value is -1.63. The lowest BCUT2D eigenvalue weighted by Crippen LogP contribution is -2.47. The first-order valence-electron chi connectivity index (χ1n) is 5.86. The highest BCUT2D eigenvalue weighted by Gasteiger charge is 2.36. The van der Waals surface area contributed by atoms with Gasteiger partial charge in [0, 0.05) is 12.8 Å². The number of hydrogen-bond acceptors (Lipinski definition) is 4. The number of amides is 2. The second-order valence-corrected chi connectivity index (χ2v) is 5.47. The summed E-state index contributed by atoms with van der Waals surface area (Å²) in [4.78, 5) is 26.1. The van der Waals surface area contributed by atoms with Gasteiger partial charge in [-0.15, -0.1) is 11.8 Å². The quantitative estimate of drug-likeness (QED) is 0.912. The molecule has 2 heterocycles. The molecule has 1 atom stereocenters. The van der Waals surface area contributed by atoms with Crippen LogP contribution in [0.1, 0.15) is 11.5 Å². The number of urea groups is 1. The number of carboxylic acids is 1. The molecule has 0 radical (unpaired) electrons. The highest BCUT2D eigenvalue weighted by Crippen LogP contribution is 2.22. The molecule has 1 fully saturated rings. The molecule has 7 heteroatoms. The fraction of sp³-hybridized carbons (Fsp3) is 0.500. The zero-order chi connectivity index (χ0) is 14.0. The number of aliphatic carboxylic acids is 1. The molecule has 0 saturated carbocycles. The fourth-order valence-electron chi connectivity index (χ4n) is 1.93. The molecule has 0 aliphatic carbocycles. The van der Waals surface area contributed by atoms with Gasteiger partial charge in [0.05, 0.1) is 12.4 Å². The van der Waals surface area contributed by atoms with Crippen molar-refractivity contribution in [1.82, 2.24) is 9.80 Å². The summed E-state index contributed by atoms with van der Waals surface area (Å²) in [6, 6.07) is 2.62. The van der Waals surface area contributed by atoms with Crippen LogP contribution in [0.25, 0.3) is 0 Å². The van der Waals surface area contributed by atoms with Crippen molar-refractivity contribution in [3.8, 4) is 0 Å². The molecule has 2 amide bonds. The normalized spacial score (nSPS) is 18.6. The number of aryl methyl sites for hydroxylation is 1. The molecule has 1 aromatic heterocycles. The molecule has 0 bridgehead atoms. The van der Waals surface area contributed by atoms with Crippen LogP contribution in [0.4, 0.5) is 4.79 Å². The average molecular weight is 284 g/mol. The molecule has 1 saturated heterocycles.